The highest BCUT2D eigenvalue weighted by Crippen LogP contribution is 2.13. The van der Waals surface area contributed by atoms with Crippen molar-refractivity contribution >= 4 is 5.91 Å². The first kappa shape index (κ1) is 15.5. The van der Waals surface area contributed by atoms with E-state index in [0.29, 0.717) is 5.82 Å². The van der Waals surface area contributed by atoms with Gasteiger partial charge in [0.15, 0.2) is 5.82 Å². The fourth-order valence-corrected chi connectivity index (χ4v) is 2.18. The molecule has 122 valence electrons. The van der Waals surface area contributed by atoms with Gasteiger partial charge in [-0.05, 0) is 35.5 Å². The van der Waals surface area contributed by atoms with Gasteiger partial charge in [0, 0.05) is 13.1 Å². The molecule has 24 heavy (non-hydrogen) atoms. The van der Waals surface area contributed by atoms with Crippen molar-refractivity contribution < 1.29 is 4.79 Å². The molecule has 1 amide bonds. The zero-order valence-corrected chi connectivity index (χ0v) is 13.1. The predicted molar refractivity (Wildman–Crippen MR) is 84.5 cm³/mol. The second kappa shape index (κ2) is 6.41. The Balaban J connectivity index is 1.82. The van der Waals surface area contributed by atoms with Crippen molar-refractivity contribution in [3.05, 3.63) is 64.3 Å². The van der Waals surface area contributed by atoms with E-state index < -0.39 is 11.9 Å². The van der Waals surface area contributed by atoms with E-state index in [2.05, 4.69) is 25.9 Å². The van der Waals surface area contributed by atoms with Crippen LogP contribution in [0.25, 0.3) is 5.69 Å². The summed E-state index contributed by atoms with van der Waals surface area (Å²) in [5, 5.41) is 18.3. The van der Waals surface area contributed by atoms with Crippen molar-refractivity contribution in [1.82, 2.24) is 35.3 Å². The third-order valence-corrected chi connectivity index (χ3v) is 3.42. The summed E-state index contributed by atoms with van der Waals surface area (Å²) in [6.45, 7) is 1.77. The van der Waals surface area contributed by atoms with Crippen molar-refractivity contribution in [3.8, 4) is 5.69 Å². The van der Waals surface area contributed by atoms with E-state index in [1.165, 1.54) is 19.2 Å². The molecule has 1 aromatic carbocycles. The number of nitrogens with zero attached hydrogens (tertiary/aromatic N) is 6. The minimum Gasteiger partial charge on any atom is -0.341 e. The molecule has 0 unspecified atom stereocenters. The normalized spacial score (nSPS) is 11.9. The Morgan fingerprint density at radius 1 is 1.17 bits per heavy atom. The Bertz CT molecular complexity index is 917. The van der Waals surface area contributed by atoms with E-state index in [-0.39, 0.29) is 11.3 Å². The molecule has 0 saturated carbocycles. The van der Waals surface area contributed by atoms with Crippen LogP contribution in [0.3, 0.4) is 0 Å². The number of nitrogens with one attached hydrogen (secondary N) is 1. The Labute approximate surface area is 136 Å². The number of rotatable bonds is 4. The van der Waals surface area contributed by atoms with Crippen LogP contribution in [0.4, 0.5) is 0 Å². The quantitative estimate of drug-likeness (QED) is 0.736. The Kier molecular flexibility index (Phi) is 4.15. The number of aryl methyl sites for hydroxylation is 1. The maximum absolute atomic E-state index is 12.3. The summed E-state index contributed by atoms with van der Waals surface area (Å²) in [5.41, 5.74) is 0.647. The largest absolute Gasteiger partial charge is 0.341 e. The highest BCUT2D eigenvalue weighted by Gasteiger charge is 2.19. The number of amides is 1. The van der Waals surface area contributed by atoms with Gasteiger partial charge >= 0.3 is 0 Å². The van der Waals surface area contributed by atoms with Gasteiger partial charge in [0.1, 0.15) is 5.69 Å². The third kappa shape index (κ3) is 3.05. The molecule has 1 atom stereocenters. The molecule has 0 aliphatic heterocycles. The van der Waals surface area contributed by atoms with Crippen LogP contribution in [0.5, 0.6) is 0 Å². The first-order chi connectivity index (χ1) is 11.6. The lowest BCUT2D eigenvalue weighted by Crippen LogP contribution is -2.31. The number of hydrogen-bond acceptors (Lipinski definition) is 6. The molecule has 9 nitrogen and oxygen atoms in total. The van der Waals surface area contributed by atoms with Crippen LogP contribution in [0, 0.1) is 0 Å². The van der Waals surface area contributed by atoms with Gasteiger partial charge in [-0.25, -0.2) is 4.68 Å². The first-order valence-electron chi connectivity index (χ1n) is 7.25. The molecule has 3 aromatic rings. The van der Waals surface area contributed by atoms with Gasteiger partial charge in [0.05, 0.1) is 11.7 Å². The van der Waals surface area contributed by atoms with Gasteiger partial charge in [-0.2, -0.15) is 9.78 Å². The average Bonchev–Trinajstić information content (AvgIpc) is 3.08. The Morgan fingerprint density at radius 3 is 2.62 bits per heavy atom. The topological polar surface area (TPSA) is 108 Å². The zero-order valence-electron chi connectivity index (χ0n) is 13.1. The van der Waals surface area contributed by atoms with Crippen LogP contribution in [-0.4, -0.2) is 35.9 Å². The molecule has 0 bridgehead atoms. The number of benzene rings is 1. The SMILES string of the molecule is C[C@@H](NC(=O)c1ccc(=O)n(C)n1)c1nnnn1-c1ccccc1. The molecule has 1 N–H and O–H groups in total. The van der Waals surface area contributed by atoms with Crippen molar-refractivity contribution in [2.75, 3.05) is 0 Å². The maximum Gasteiger partial charge on any atom is 0.272 e. The number of carbonyl (C=O) groups excluding carboxylic acids is 1. The molecule has 0 saturated heterocycles. The fourth-order valence-electron chi connectivity index (χ4n) is 2.18. The summed E-state index contributed by atoms with van der Waals surface area (Å²) >= 11 is 0. The zero-order chi connectivity index (χ0) is 17.1. The van der Waals surface area contributed by atoms with Gasteiger partial charge in [-0.1, -0.05) is 18.2 Å². The van der Waals surface area contributed by atoms with Gasteiger partial charge in [0.25, 0.3) is 11.5 Å². The molecule has 0 spiro atoms. The standard InChI is InChI=1S/C15H15N7O2/c1-10(16-15(24)12-8-9-13(23)21(2)18-12)14-17-19-20-22(14)11-6-4-3-5-7-11/h3-10H,1-2H3,(H,16,24)/t10-/m1/s1. The average molecular weight is 325 g/mol. The minimum absolute atomic E-state index is 0.141. The van der Waals surface area contributed by atoms with Crippen molar-refractivity contribution in [2.24, 2.45) is 7.05 Å². The molecule has 0 aliphatic rings. The van der Waals surface area contributed by atoms with E-state index in [1.54, 1.807) is 11.6 Å². The molecule has 9 heteroatoms. The van der Waals surface area contributed by atoms with E-state index in [0.717, 1.165) is 10.4 Å². The monoisotopic (exact) mass is 325 g/mol. The Hall–Kier alpha value is -3.36. The molecular formula is C15H15N7O2. The fraction of sp³-hybridized carbons (Fsp3) is 0.200. The highest BCUT2D eigenvalue weighted by atomic mass is 16.2. The molecule has 2 aromatic heterocycles. The number of aromatic nitrogens is 6. The lowest BCUT2D eigenvalue weighted by Gasteiger charge is -2.13. The van der Waals surface area contributed by atoms with E-state index >= 15 is 0 Å². The number of tetrazole rings is 1. The van der Waals surface area contributed by atoms with E-state index in [4.69, 9.17) is 0 Å². The van der Waals surface area contributed by atoms with Gasteiger partial charge in [0.2, 0.25) is 0 Å². The first-order valence-corrected chi connectivity index (χ1v) is 7.25. The smallest absolute Gasteiger partial charge is 0.272 e. The summed E-state index contributed by atoms with van der Waals surface area (Å²) in [7, 11) is 1.48. The molecule has 3 rings (SSSR count). The lowest BCUT2D eigenvalue weighted by molar-refractivity contribution is 0.0930. The second-order valence-corrected chi connectivity index (χ2v) is 5.16. The highest BCUT2D eigenvalue weighted by molar-refractivity contribution is 5.92. The van der Waals surface area contributed by atoms with Crippen LogP contribution in [-0.2, 0) is 7.05 Å². The number of para-hydroxylation sites is 1. The van der Waals surface area contributed by atoms with Gasteiger partial charge in [-0.15, -0.1) is 5.10 Å². The van der Waals surface area contributed by atoms with Crippen molar-refractivity contribution in [2.45, 2.75) is 13.0 Å². The summed E-state index contributed by atoms with van der Waals surface area (Å²) in [4.78, 5) is 23.6. The number of hydrogen-bond donors (Lipinski definition) is 1. The number of carbonyl (C=O) groups is 1. The van der Waals surface area contributed by atoms with Gasteiger partial charge < -0.3 is 5.32 Å². The third-order valence-electron chi connectivity index (χ3n) is 3.42. The maximum atomic E-state index is 12.3. The van der Waals surface area contributed by atoms with Crippen LogP contribution in [0.2, 0.25) is 0 Å². The molecule has 0 fully saturated rings. The lowest BCUT2D eigenvalue weighted by atomic mass is 10.2. The van der Waals surface area contributed by atoms with Crippen LogP contribution in [0.1, 0.15) is 29.3 Å². The predicted octanol–water partition coefficient (Wildman–Crippen LogP) is 0.247. The summed E-state index contributed by atoms with van der Waals surface area (Å²) < 4.78 is 2.66. The van der Waals surface area contributed by atoms with Gasteiger partial charge in [-0.3, -0.25) is 9.59 Å². The molecule has 0 aliphatic carbocycles. The van der Waals surface area contributed by atoms with Crippen LogP contribution >= 0.6 is 0 Å². The molecular weight excluding hydrogens is 310 g/mol. The minimum atomic E-state index is -0.452. The van der Waals surface area contributed by atoms with Crippen molar-refractivity contribution in [3.63, 3.8) is 0 Å². The second-order valence-electron chi connectivity index (χ2n) is 5.16. The van der Waals surface area contributed by atoms with E-state index in [9.17, 15) is 9.59 Å². The molecule has 2 heterocycles. The van der Waals surface area contributed by atoms with E-state index in [1.807, 2.05) is 30.3 Å². The van der Waals surface area contributed by atoms with Crippen LogP contribution < -0.4 is 10.9 Å². The summed E-state index contributed by atoms with van der Waals surface area (Å²) in [6, 6.07) is 11.6. The Morgan fingerprint density at radius 2 is 1.92 bits per heavy atom. The summed E-state index contributed by atoms with van der Waals surface area (Å²) in [5.74, 6) is 0.0695. The summed E-state index contributed by atoms with van der Waals surface area (Å²) in [6.07, 6.45) is 0. The molecule has 0 radical (unpaired) electrons. The van der Waals surface area contributed by atoms with Crippen molar-refractivity contribution in [1.29, 1.82) is 0 Å². The van der Waals surface area contributed by atoms with Crippen LogP contribution in [0.15, 0.2) is 47.3 Å².